The second-order valence-electron chi connectivity index (χ2n) is 7.33. The Balaban J connectivity index is 1.31. The second-order valence-corrected chi connectivity index (χ2v) is 7.33. The number of hydrogen-bond donors (Lipinski definition) is 2. The van der Waals surface area contributed by atoms with Crippen molar-refractivity contribution >= 4 is 5.91 Å². The Morgan fingerprint density at radius 1 is 1.03 bits per heavy atom. The van der Waals surface area contributed by atoms with Gasteiger partial charge in [0.2, 0.25) is 0 Å². The smallest absolute Gasteiger partial charge is 0.278 e. The Hall–Kier alpha value is -3.62. The average Bonchev–Trinajstić information content (AvgIpc) is 3.31. The van der Waals surface area contributed by atoms with Gasteiger partial charge in [-0.25, -0.2) is 9.97 Å². The molecule has 9 nitrogen and oxygen atoms in total. The highest BCUT2D eigenvalue weighted by Crippen LogP contribution is 2.27. The van der Waals surface area contributed by atoms with Gasteiger partial charge in [0.15, 0.2) is 0 Å². The first-order valence-corrected chi connectivity index (χ1v) is 10.2. The second kappa shape index (κ2) is 9.46. The topological polar surface area (TPSA) is 111 Å². The van der Waals surface area contributed by atoms with Crippen molar-refractivity contribution in [1.29, 1.82) is 0 Å². The molecule has 4 rings (SSSR count). The summed E-state index contributed by atoms with van der Waals surface area (Å²) >= 11 is 0. The Kier molecular flexibility index (Phi) is 6.30. The fraction of sp³-hybridized carbons (Fsp3) is 0.364. The van der Waals surface area contributed by atoms with E-state index in [1.807, 2.05) is 24.3 Å². The van der Waals surface area contributed by atoms with E-state index in [1.165, 1.54) is 0 Å². The molecule has 31 heavy (non-hydrogen) atoms. The molecule has 0 spiro atoms. The van der Waals surface area contributed by atoms with Crippen LogP contribution >= 0.6 is 0 Å². The van der Waals surface area contributed by atoms with Crippen molar-refractivity contribution in [2.75, 3.05) is 14.2 Å². The molecule has 0 bridgehead atoms. The lowest BCUT2D eigenvalue weighted by atomic mass is 9.93. The molecule has 1 amide bonds. The van der Waals surface area contributed by atoms with Crippen LogP contribution in [0.25, 0.3) is 11.3 Å². The SMILES string of the molecule is COc1cccc(-c2cc(C(=O)NC3CCC(Oc4nccnc4OC)CC3)[nH]n2)c1. The van der Waals surface area contributed by atoms with E-state index in [1.54, 1.807) is 32.7 Å². The molecule has 1 fully saturated rings. The lowest BCUT2D eigenvalue weighted by molar-refractivity contribution is 0.0881. The Morgan fingerprint density at radius 3 is 2.55 bits per heavy atom. The molecule has 2 heterocycles. The van der Waals surface area contributed by atoms with Crippen LogP contribution in [0.3, 0.4) is 0 Å². The summed E-state index contributed by atoms with van der Waals surface area (Å²) in [5, 5.41) is 10.2. The maximum Gasteiger partial charge on any atom is 0.278 e. The number of ether oxygens (including phenoxy) is 3. The van der Waals surface area contributed by atoms with Crippen LogP contribution in [0.4, 0.5) is 0 Å². The summed E-state index contributed by atoms with van der Waals surface area (Å²) < 4.78 is 16.4. The summed E-state index contributed by atoms with van der Waals surface area (Å²) in [6, 6.07) is 9.39. The molecule has 0 aliphatic heterocycles. The Labute approximate surface area is 180 Å². The van der Waals surface area contributed by atoms with Crippen molar-refractivity contribution in [3.63, 3.8) is 0 Å². The van der Waals surface area contributed by atoms with E-state index in [-0.39, 0.29) is 18.1 Å². The number of carbonyl (C=O) groups is 1. The molecule has 0 unspecified atom stereocenters. The van der Waals surface area contributed by atoms with E-state index in [0.29, 0.717) is 23.1 Å². The number of hydrogen-bond acceptors (Lipinski definition) is 7. The number of methoxy groups -OCH3 is 2. The highest BCUT2D eigenvalue weighted by molar-refractivity contribution is 5.93. The van der Waals surface area contributed by atoms with Gasteiger partial charge in [-0.05, 0) is 43.9 Å². The molecule has 9 heteroatoms. The number of nitrogens with one attached hydrogen (secondary N) is 2. The zero-order chi connectivity index (χ0) is 21.6. The van der Waals surface area contributed by atoms with Crippen LogP contribution in [0, 0.1) is 0 Å². The number of amides is 1. The fourth-order valence-corrected chi connectivity index (χ4v) is 3.65. The predicted molar refractivity (Wildman–Crippen MR) is 113 cm³/mol. The third-order valence-corrected chi connectivity index (χ3v) is 5.30. The number of rotatable bonds is 7. The molecule has 2 aromatic heterocycles. The van der Waals surface area contributed by atoms with E-state index in [2.05, 4.69) is 25.5 Å². The van der Waals surface area contributed by atoms with E-state index in [9.17, 15) is 4.79 Å². The van der Waals surface area contributed by atoms with Crippen LogP contribution in [-0.2, 0) is 0 Å². The number of aromatic amines is 1. The van der Waals surface area contributed by atoms with Gasteiger partial charge in [0.1, 0.15) is 17.5 Å². The largest absolute Gasteiger partial charge is 0.497 e. The molecule has 0 radical (unpaired) electrons. The van der Waals surface area contributed by atoms with Crippen molar-refractivity contribution in [3.05, 3.63) is 48.4 Å². The standard InChI is InChI=1S/C22H25N5O4/c1-29-17-5-3-4-14(12-17)18-13-19(27-26-18)20(28)25-15-6-8-16(9-7-15)31-22-21(30-2)23-10-11-24-22/h3-5,10-13,15-16H,6-9H2,1-2H3,(H,25,28)(H,26,27). The van der Waals surface area contributed by atoms with Gasteiger partial charge in [-0.3, -0.25) is 9.89 Å². The quantitative estimate of drug-likeness (QED) is 0.601. The van der Waals surface area contributed by atoms with Gasteiger partial charge in [0.25, 0.3) is 17.7 Å². The highest BCUT2D eigenvalue weighted by atomic mass is 16.5. The molecular formula is C22H25N5O4. The summed E-state index contributed by atoms with van der Waals surface area (Å²) in [4.78, 5) is 21.0. The van der Waals surface area contributed by atoms with Gasteiger partial charge < -0.3 is 19.5 Å². The van der Waals surface area contributed by atoms with Crippen molar-refractivity contribution in [2.24, 2.45) is 0 Å². The summed E-state index contributed by atoms with van der Waals surface area (Å²) in [7, 11) is 3.16. The summed E-state index contributed by atoms with van der Waals surface area (Å²) in [6.07, 6.45) is 6.41. The first-order valence-electron chi connectivity index (χ1n) is 10.2. The minimum Gasteiger partial charge on any atom is -0.497 e. The number of aromatic nitrogens is 4. The maximum atomic E-state index is 12.7. The first kappa shape index (κ1) is 20.6. The van der Waals surface area contributed by atoms with Crippen LogP contribution in [-0.4, -0.2) is 52.4 Å². The first-order chi connectivity index (χ1) is 15.2. The molecule has 0 saturated heterocycles. The average molecular weight is 423 g/mol. The highest BCUT2D eigenvalue weighted by Gasteiger charge is 2.26. The Morgan fingerprint density at radius 2 is 1.81 bits per heavy atom. The lowest BCUT2D eigenvalue weighted by Gasteiger charge is -2.29. The van der Waals surface area contributed by atoms with Crippen LogP contribution in [0.5, 0.6) is 17.5 Å². The number of benzene rings is 1. The molecule has 3 aromatic rings. The van der Waals surface area contributed by atoms with Gasteiger partial charge in [0.05, 0.1) is 19.9 Å². The lowest BCUT2D eigenvalue weighted by Crippen LogP contribution is -2.39. The third-order valence-electron chi connectivity index (χ3n) is 5.30. The van der Waals surface area contributed by atoms with E-state index < -0.39 is 0 Å². The summed E-state index contributed by atoms with van der Waals surface area (Å²) in [5.74, 6) is 1.36. The number of carbonyl (C=O) groups excluding carboxylic acids is 1. The van der Waals surface area contributed by atoms with Crippen molar-refractivity contribution in [1.82, 2.24) is 25.5 Å². The van der Waals surface area contributed by atoms with Crippen molar-refractivity contribution in [2.45, 2.75) is 37.8 Å². The van der Waals surface area contributed by atoms with Crippen LogP contribution < -0.4 is 19.5 Å². The minimum absolute atomic E-state index is 0.0190. The third kappa shape index (κ3) is 4.93. The summed E-state index contributed by atoms with van der Waals surface area (Å²) in [5.41, 5.74) is 2.01. The fourth-order valence-electron chi connectivity index (χ4n) is 3.65. The van der Waals surface area contributed by atoms with Crippen molar-refractivity contribution in [3.8, 4) is 28.8 Å². The molecule has 1 aromatic carbocycles. The maximum absolute atomic E-state index is 12.7. The normalized spacial score (nSPS) is 18.3. The van der Waals surface area contributed by atoms with E-state index >= 15 is 0 Å². The minimum atomic E-state index is -0.165. The van der Waals surface area contributed by atoms with Crippen LogP contribution in [0.2, 0.25) is 0 Å². The van der Waals surface area contributed by atoms with Gasteiger partial charge in [0, 0.05) is 24.0 Å². The molecule has 1 saturated carbocycles. The van der Waals surface area contributed by atoms with Crippen LogP contribution in [0.1, 0.15) is 36.2 Å². The molecule has 1 aliphatic rings. The molecule has 2 N–H and O–H groups in total. The molecule has 0 atom stereocenters. The number of nitrogens with zero attached hydrogens (tertiary/aromatic N) is 3. The molecule has 1 aliphatic carbocycles. The Bertz CT molecular complexity index is 1030. The van der Waals surface area contributed by atoms with Gasteiger partial charge in [-0.15, -0.1) is 0 Å². The van der Waals surface area contributed by atoms with E-state index in [0.717, 1.165) is 37.0 Å². The van der Waals surface area contributed by atoms with Crippen molar-refractivity contribution < 1.29 is 19.0 Å². The van der Waals surface area contributed by atoms with Gasteiger partial charge >= 0.3 is 0 Å². The van der Waals surface area contributed by atoms with Gasteiger partial charge in [-0.1, -0.05) is 12.1 Å². The van der Waals surface area contributed by atoms with Crippen LogP contribution in [0.15, 0.2) is 42.7 Å². The molecule has 162 valence electrons. The van der Waals surface area contributed by atoms with Gasteiger partial charge in [-0.2, -0.15) is 5.10 Å². The van der Waals surface area contributed by atoms with E-state index in [4.69, 9.17) is 14.2 Å². The molecular weight excluding hydrogens is 398 g/mol. The predicted octanol–water partition coefficient (Wildman–Crippen LogP) is 3.00. The zero-order valence-corrected chi connectivity index (χ0v) is 17.5. The zero-order valence-electron chi connectivity index (χ0n) is 17.5. The summed E-state index contributed by atoms with van der Waals surface area (Å²) in [6.45, 7) is 0. The monoisotopic (exact) mass is 423 g/mol. The number of H-pyrrole nitrogens is 1.